The molecule has 0 saturated heterocycles. The van der Waals surface area contributed by atoms with Gasteiger partial charge < -0.3 is 5.32 Å². The van der Waals surface area contributed by atoms with Crippen LogP contribution >= 0.6 is 22.9 Å². The molecule has 0 bridgehead atoms. The van der Waals surface area contributed by atoms with Gasteiger partial charge in [0.05, 0.1) is 9.72 Å². The molecule has 4 heteroatoms. The summed E-state index contributed by atoms with van der Waals surface area (Å²) in [6.07, 6.45) is 0. The quantitative estimate of drug-likeness (QED) is 0.785. The second-order valence-electron chi connectivity index (χ2n) is 2.86. The lowest BCUT2D eigenvalue weighted by molar-refractivity contribution is 1.41. The number of anilines is 1. The third kappa shape index (κ3) is 1.49. The average Bonchev–Trinajstić information content (AvgIpc) is 2.47. The number of fused-ring (bicyclic) bond motifs is 1. The van der Waals surface area contributed by atoms with Gasteiger partial charge in [-0.2, -0.15) is 0 Å². The predicted molar refractivity (Wildman–Crippen MR) is 58.9 cm³/mol. The molecule has 1 heterocycles. The van der Waals surface area contributed by atoms with E-state index in [1.54, 1.807) is 11.3 Å². The molecule has 0 unspecified atom stereocenters. The van der Waals surface area contributed by atoms with Gasteiger partial charge in [-0.15, -0.1) is 0 Å². The summed E-state index contributed by atoms with van der Waals surface area (Å²) in [5, 5.41) is 4.65. The van der Waals surface area contributed by atoms with Crippen molar-refractivity contribution in [1.82, 2.24) is 4.98 Å². The number of hydrogen-bond donors (Lipinski definition) is 1. The molecular formula is C9H9ClN2S. The van der Waals surface area contributed by atoms with Crippen LogP contribution in [-0.4, -0.2) is 12.0 Å². The van der Waals surface area contributed by atoms with E-state index in [1.165, 1.54) is 5.56 Å². The van der Waals surface area contributed by atoms with E-state index in [1.807, 2.05) is 20.0 Å². The summed E-state index contributed by atoms with van der Waals surface area (Å²) in [6.45, 7) is 2.03. The van der Waals surface area contributed by atoms with Crippen LogP contribution in [0.4, 0.5) is 5.13 Å². The SMILES string of the molecule is CNc1nc2c(Cl)cc(C)cc2s1. The molecule has 0 aliphatic rings. The van der Waals surface area contributed by atoms with Crippen LogP contribution in [0.25, 0.3) is 10.2 Å². The first-order valence-corrected chi connectivity index (χ1v) is 5.14. The summed E-state index contributed by atoms with van der Waals surface area (Å²) in [7, 11) is 1.86. The van der Waals surface area contributed by atoms with Crippen molar-refractivity contribution in [2.45, 2.75) is 6.92 Å². The highest BCUT2D eigenvalue weighted by Crippen LogP contribution is 2.31. The highest BCUT2D eigenvalue weighted by Gasteiger charge is 2.06. The molecule has 2 nitrogen and oxygen atoms in total. The lowest BCUT2D eigenvalue weighted by atomic mass is 10.2. The van der Waals surface area contributed by atoms with Gasteiger partial charge in [0, 0.05) is 7.05 Å². The maximum absolute atomic E-state index is 6.05. The van der Waals surface area contributed by atoms with Crippen LogP contribution < -0.4 is 5.32 Å². The third-order valence-corrected chi connectivity index (χ3v) is 3.11. The number of hydrogen-bond acceptors (Lipinski definition) is 3. The Bertz CT molecular complexity index is 450. The molecule has 0 radical (unpaired) electrons. The van der Waals surface area contributed by atoms with Crippen LogP contribution in [0.1, 0.15) is 5.56 Å². The molecule has 1 N–H and O–H groups in total. The summed E-state index contributed by atoms with van der Waals surface area (Å²) in [6, 6.07) is 4.03. The van der Waals surface area contributed by atoms with Gasteiger partial charge in [-0.25, -0.2) is 4.98 Å². The normalized spacial score (nSPS) is 10.7. The maximum Gasteiger partial charge on any atom is 0.183 e. The summed E-state index contributed by atoms with van der Waals surface area (Å²) < 4.78 is 1.13. The van der Waals surface area contributed by atoms with Crippen LogP contribution in [0.2, 0.25) is 5.02 Å². The van der Waals surface area contributed by atoms with Crippen molar-refractivity contribution in [2.24, 2.45) is 0 Å². The fourth-order valence-electron chi connectivity index (χ4n) is 1.22. The van der Waals surface area contributed by atoms with E-state index < -0.39 is 0 Å². The van der Waals surface area contributed by atoms with Crippen LogP contribution in [-0.2, 0) is 0 Å². The standard InChI is InChI=1S/C9H9ClN2S/c1-5-3-6(10)8-7(4-5)13-9(11-2)12-8/h3-4H,1-2H3,(H,11,12). The van der Waals surface area contributed by atoms with Gasteiger partial charge in [0.15, 0.2) is 5.13 Å². The molecule has 0 saturated carbocycles. The van der Waals surface area contributed by atoms with E-state index in [4.69, 9.17) is 11.6 Å². The fourth-order valence-corrected chi connectivity index (χ4v) is 2.54. The Labute approximate surface area is 85.6 Å². The van der Waals surface area contributed by atoms with Crippen LogP contribution in [0.15, 0.2) is 12.1 Å². The summed E-state index contributed by atoms with van der Waals surface area (Å²) in [4.78, 5) is 4.35. The Hall–Kier alpha value is -0.800. The van der Waals surface area contributed by atoms with Crippen molar-refractivity contribution < 1.29 is 0 Å². The van der Waals surface area contributed by atoms with Gasteiger partial charge in [0.1, 0.15) is 5.52 Å². The van der Waals surface area contributed by atoms with Gasteiger partial charge in [-0.3, -0.25) is 0 Å². The Morgan fingerprint density at radius 1 is 1.46 bits per heavy atom. The monoisotopic (exact) mass is 212 g/mol. The fraction of sp³-hybridized carbons (Fsp3) is 0.222. The molecule has 68 valence electrons. The van der Waals surface area contributed by atoms with Crippen molar-refractivity contribution in [3.05, 3.63) is 22.7 Å². The minimum atomic E-state index is 0.729. The van der Waals surface area contributed by atoms with Gasteiger partial charge in [0.25, 0.3) is 0 Å². The van der Waals surface area contributed by atoms with E-state index in [0.29, 0.717) is 0 Å². The first kappa shape index (κ1) is 8.78. The maximum atomic E-state index is 6.05. The molecule has 0 aliphatic heterocycles. The number of nitrogens with zero attached hydrogens (tertiary/aromatic N) is 1. The molecule has 0 spiro atoms. The van der Waals surface area contributed by atoms with Crippen LogP contribution in [0.3, 0.4) is 0 Å². The first-order chi connectivity index (χ1) is 6.20. The predicted octanol–water partition coefficient (Wildman–Crippen LogP) is 3.30. The number of halogens is 1. The molecule has 13 heavy (non-hydrogen) atoms. The Morgan fingerprint density at radius 2 is 2.23 bits per heavy atom. The largest absolute Gasteiger partial charge is 0.365 e. The second kappa shape index (κ2) is 3.16. The van der Waals surface area contributed by atoms with Crippen LogP contribution in [0, 0.1) is 6.92 Å². The third-order valence-electron chi connectivity index (χ3n) is 1.81. The van der Waals surface area contributed by atoms with E-state index in [2.05, 4.69) is 16.4 Å². The molecule has 0 amide bonds. The second-order valence-corrected chi connectivity index (χ2v) is 4.30. The minimum Gasteiger partial charge on any atom is -0.365 e. The number of thiazole rings is 1. The average molecular weight is 213 g/mol. The zero-order valence-corrected chi connectivity index (χ0v) is 8.96. The molecule has 0 atom stereocenters. The molecule has 0 aliphatic carbocycles. The van der Waals surface area contributed by atoms with Crippen LogP contribution in [0.5, 0.6) is 0 Å². The first-order valence-electron chi connectivity index (χ1n) is 3.95. The molecule has 2 aromatic rings. The van der Waals surface area contributed by atoms with Crippen molar-refractivity contribution in [3.8, 4) is 0 Å². The van der Waals surface area contributed by atoms with Gasteiger partial charge in [0.2, 0.25) is 0 Å². The zero-order valence-electron chi connectivity index (χ0n) is 7.39. The molecule has 2 rings (SSSR count). The smallest absolute Gasteiger partial charge is 0.183 e. The minimum absolute atomic E-state index is 0.729. The number of aromatic nitrogens is 1. The van der Waals surface area contributed by atoms with E-state index in [9.17, 15) is 0 Å². The van der Waals surface area contributed by atoms with E-state index in [0.717, 1.165) is 20.4 Å². The summed E-state index contributed by atoms with van der Waals surface area (Å²) >= 11 is 7.67. The number of rotatable bonds is 1. The lowest BCUT2D eigenvalue weighted by Gasteiger charge is -1.93. The highest BCUT2D eigenvalue weighted by molar-refractivity contribution is 7.22. The van der Waals surface area contributed by atoms with Crippen molar-refractivity contribution in [1.29, 1.82) is 0 Å². The summed E-state index contributed by atoms with van der Waals surface area (Å²) in [5.74, 6) is 0. The Balaban J connectivity index is 2.75. The zero-order chi connectivity index (χ0) is 9.42. The van der Waals surface area contributed by atoms with Crippen molar-refractivity contribution >= 4 is 38.3 Å². The summed E-state index contributed by atoms with van der Waals surface area (Å²) in [5.41, 5.74) is 2.06. The molecule has 1 aromatic carbocycles. The van der Waals surface area contributed by atoms with Gasteiger partial charge in [-0.05, 0) is 24.6 Å². The number of nitrogens with one attached hydrogen (secondary N) is 1. The topological polar surface area (TPSA) is 24.9 Å². The lowest BCUT2D eigenvalue weighted by Crippen LogP contribution is -1.84. The number of benzene rings is 1. The van der Waals surface area contributed by atoms with Gasteiger partial charge in [-0.1, -0.05) is 22.9 Å². The number of aryl methyl sites for hydroxylation is 1. The van der Waals surface area contributed by atoms with E-state index >= 15 is 0 Å². The Morgan fingerprint density at radius 3 is 2.92 bits per heavy atom. The van der Waals surface area contributed by atoms with Gasteiger partial charge >= 0.3 is 0 Å². The molecular weight excluding hydrogens is 204 g/mol. The molecule has 1 aromatic heterocycles. The Kier molecular flexibility index (Phi) is 2.14. The molecule has 0 fully saturated rings. The van der Waals surface area contributed by atoms with Crippen molar-refractivity contribution in [3.63, 3.8) is 0 Å². The van der Waals surface area contributed by atoms with Crippen molar-refractivity contribution in [2.75, 3.05) is 12.4 Å². The highest BCUT2D eigenvalue weighted by atomic mass is 35.5. The van der Waals surface area contributed by atoms with E-state index in [-0.39, 0.29) is 0 Å².